The van der Waals surface area contributed by atoms with Crippen LogP contribution in [0.1, 0.15) is 4.88 Å². The molecule has 1 aliphatic heterocycles. The van der Waals surface area contributed by atoms with Gasteiger partial charge in [-0.3, -0.25) is 0 Å². The van der Waals surface area contributed by atoms with Gasteiger partial charge in [-0.1, -0.05) is 6.07 Å². The summed E-state index contributed by atoms with van der Waals surface area (Å²) in [4.78, 5) is 15.1. The van der Waals surface area contributed by atoms with E-state index in [2.05, 4.69) is 5.32 Å². The lowest BCUT2D eigenvalue weighted by molar-refractivity contribution is 0.172. The number of hydrogen-bond acceptors (Lipinski definition) is 4. The number of carbonyl (C=O) groups is 1. The normalized spacial score (nSPS) is 15.8. The lowest BCUT2D eigenvalue weighted by atomic mass is 10.3. The maximum atomic E-state index is 13.0. The topological polar surface area (TPSA) is 69.7 Å². The average molecular weight is 397 g/mol. The Bertz CT molecular complexity index is 831. The van der Waals surface area contributed by atoms with Gasteiger partial charge in [0.25, 0.3) is 0 Å². The molecule has 1 aromatic carbocycles. The molecule has 1 aromatic heterocycles. The molecular weight excluding hydrogens is 377 g/mol. The molecule has 0 spiro atoms. The summed E-state index contributed by atoms with van der Waals surface area (Å²) < 4.78 is 39.4. The Labute approximate surface area is 156 Å². The second kappa shape index (κ2) is 8.15. The molecule has 0 unspecified atom stereocenters. The molecule has 2 amide bonds. The van der Waals surface area contributed by atoms with E-state index in [1.165, 1.54) is 21.3 Å². The van der Waals surface area contributed by atoms with Gasteiger partial charge >= 0.3 is 6.03 Å². The third-order valence-electron chi connectivity index (χ3n) is 4.20. The minimum Gasteiger partial charge on any atom is -0.338 e. The van der Waals surface area contributed by atoms with Gasteiger partial charge in [0.2, 0.25) is 10.0 Å². The van der Waals surface area contributed by atoms with Crippen LogP contribution in [0, 0.1) is 5.82 Å². The van der Waals surface area contributed by atoms with Crippen molar-refractivity contribution in [1.82, 2.24) is 14.5 Å². The van der Waals surface area contributed by atoms with E-state index in [9.17, 15) is 17.6 Å². The minimum absolute atomic E-state index is 0.0627. The van der Waals surface area contributed by atoms with Crippen molar-refractivity contribution >= 4 is 27.4 Å². The molecule has 2 aromatic rings. The van der Waals surface area contributed by atoms with Crippen molar-refractivity contribution in [2.24, 2.45) is 0 Å². The van der Waals surface area contributed by atoms with Crippen LogP contribution < -0.4 is 5.32 Å². The monoisotopic (exact) mass is 397 g/mol. The fourth-order valence-corrected chi connectivity index (χ4v) is 4.88. The highest BCUT2D eigenvalue weighted by molar-refractivity contribution is 7.89. The molecule has 1 saturated heterocycles. The lowest BCUT2D eigenvalue weighted by Gasteiger charge is -2.34. The van der Waals surface area contributed by atoms with Gasteiger partial charge in [0.05, 0.1) is 4.90 Å². The first-order valence-electron chi connectivity index (χ1n) is 8.28. The number of piperazine rings is 1. The number of rotatable bonds is 5. The third-order valence-corrected chi connectivity index (χ3v) is 7.05. The van der Waals surface area contributed by atoms with Gasteiger partial charge in [0.15, 0.2) is 0 Å². The van der Waals surface area contributed by atoms with Crippen molar-refractivity contribution in [2.45, 2.75) is 11.3 Å². The fourth-order valence-electron chi connectivity index (χ4n) is 2.75. The molecule has 0 atom stereocenters. The van der Waals surface area contributed by atoms with Crippen LogP contribution >= 0.6 is 11.3 Å². The Morgan fingerprint density at radius 3 is 2.42 bits per heavy atom. The molecule has 1 fully saturated rings. The highest BCUT2D eigenvalue weighted by atomic mass is 32.2. The number of thiophene rings is 1. The predicted molar refractivity (Wildman–Crippen MR) is 98.2 cm³/mol. The maximum absolute atomic E-state index is 13.0. The third kappa shape index (κ3) is 4.40. The SMILES string of the molecule is O=C(NCCc1cccs1)N1CCN(S(=O)(=O)c2ccc(F)cc2)CC1. The molecule has 0 aliphatic carbocycles. The highest BCUT2D eigenvalue weighted by Crippen LogP contribution is 2.18. The van der Waals surface area contributed by atoms with Crippen LogP contribution in [-0.2, 0) is 16.4 Å². The number of nitrogens with zero attached hydrogens (tertiary/aromatic N) is 2. The Kier molecular flexibility index (Phi) is 5.90. The first-order valence-corrected chi connectivity index (χ1v) is 10.6. The van der Waals surface area contributed by atoms with Crippen LogP contribution in [-0.4, -0.2) is 56.4 Å². The molecule has 0 radical (unpaired) electrons. The van der Waals surface area contributed by atoms with E-state index in [1.807, 2.05) is 17.5 Å². The predicted octanol–water partition coefficient (Wildman–Crippen LogP) is 2.15. The standard InChI is InChI=1S/C17H20FN3O3S2/c18-14-3-5-16(6-4-14)26(23,24)21-11-9-20(10-12-21)17(22)19-8-7-15-2-1-13-25-15/h1-6,13H,7-12H2,(H,19,22). The largest absolute Gasteiger partial charge is 0.338 e. The van der Waals surface area contributed by atoms with Gasteiger partial charge in [-0.15, -0.1) is 11.3 Å². The summed E-state index contributed by atoms with van der Waals surface area (Å²) in [6.45, 7) is 1.64. The summed E-state index contributed by atoms with van der Waals surface area (Å²) >= 11 is 1.65. The van der Waals surface area contributed by atoms with Crippen molar-refractivity contribution in [3.05, 3.63) is 52.5 Å². The van der Waals surface area contributed by atoms with Crippen LogP contribution in [0.5, 0.6) is 0 Å². The van der Waals surface area contributed by atoms with Crippen LogP contribution in [0.25, 0.3) is 0 Å². The first kappa shape index (κ1) is 18.8. The first-order chi connectivity index (χ1) is 12.5. The summed E-state index contributed by atoms with van der Waals surface area (Å²) in [7, 11) is -3.66. The minimum atomic E-state index is -3.66. The van der Waals surface area contributed by atoms with Crippen molar-refractivity contribution in [3.63, 3.8) is 0 Å². The number of hydrogen-bond donors (Lipinski definition) is 1. The Hall–Kier alpha value is -1.97. The number of benzene rings is 1. The van der Waals surface area contributed by atoms with Crippen LogP contribution in [0.2, 0.25) is 0 Å². The molecule has 0 bridgehead atoms. The summed E-state index contributed by atoms with van der Waals surface area (Å²) in [6.07, 6.45) is 0.780. The molecule has 2 heterocycles. The summed E-state index contributed by atoms with van der Waals surface area (Å²) in [5.74, 6) is -0.479. The molecule has 26 heavy (non-hydrogen) atoms. The molecular formula is C17H20FN3O3S2. The molecule has 1 aliphatic rings. The van der Waals surface area contributed by atoms with E-state index >= 15 is 0 Å². The van der Waals surface area contributed by atoms with Gasteiger partial charge in [0.1, 0.15) is 5.82 Å². The van der Waals surface area contributed by atoms with Gasteiger partial charge in [-0.2, -0.15) is 4.31 Å². The van der Waals surface area contributed by atoms with Gasteiger partial charge in [0, 0.05) is 37.6 Å². The lowest BCUT2D eigenvalue weighted by Crippen LogP contribution is -2.53. The van der Waals surface area contributed by atoms with Crippen molar-refractivity contribution in [2.75, 3.05) is 32.7 Å². The van der Waals surface area contributed by atoms with E-state index in [1.54, 1.807) is 16.2 Å². The zero-order valence-electron chi connectivity index (χ0n) is 14.1. The number of amides is 2. The second-order valence-corrected chi connectivity index (χ2v) is 8.88. The second-order valence-electron chi connectivity index (χ2n) is 5.91. The van der Waals surface area contributed by atoms with E-state index in [0.29, 0.717) is 19.6 Å². The molecule has 1 N–H and O–H groups in total. The number of urea groups is 1. The number of nitrogens with one attached hydrogen (secondary N) is 1. The van der Waals surface area contributed by atoms with Crippen molar-refractivity contribution in [3.8, 4) is 0 Å². The summed E-state index contributed by atoms with van der Waals surface area (Å²) in [5.41, 5.74) is 0. The smallest absolute Gasteiger partial charge is 0.317 e. The van der Waals surface area contributed by atoms with Crippen LogP contribution in [0.15, 0.2) is 46.7 Å². The zero-order valence-corrected chi connectivity index (χ0v) is 15.7. The van der Waals surface area contributed by atoms with Crippen molar-refractivity contribution in [1.29, 1.82) is 0 Å². The van der Waals surface area contributed by atoms with E-state index in [4.69, 9.17) is 0 Å². The summed E-state index contributed by atoms with van der Waals surface area (Å²) in [5, 5.41) is 4.86. The van der Waals surface area contributed by atoms with Gasteiger partial charge in [-0.05, 0) is 42.1 Å². The number of halogens is 1. The number of carbonyl (C=O) groups excluding carboxylic acids is 1. The highest BCUT2D eigenvalue weighted by Gasteiger charge is 2.30. The maximum Gasteiger partial charge on any atom is 0.317 e. The molecule has 9 heteroatoms. The van der Waals surface area contributed by atoms with Gasteiger partial charge in [-0.25, -0.2) is 17.6 Å². The average Bonchev–Trinajstić information content (AvgIpc) is 3.15. The molecule has 3 rings (SSSR count). The van der Waals surface area contributed by atoms with Crippen molar-refractivity contribution < 1.29 is 17.6 Å². The van der Waals surface area contributed by atoms with Gasteiger partial charge < -0.3 is 10.2 Å². The number of sulfonamides is 1. The van der Waals surface area contributed by atoms with E-state index in [-0.39, 0.29) is 24.0 Å². The quantitative estimate of drug-likeness (QED) is 0.841. The van der Waals surface area contributed by atoms with Crippen LogP contribution in [0.3, 0.4) is 0 Å². The Morgan fingerprint density at radius 1 is 1.12 bits per heavy atom. The Balaban J connectivity index is 1.50. The molecule has 6 nitrogen and oxygen atoms in total. The zero-order chi connectivity index (χ0) is 18.6. The van der Waals surface area contributed by atoms with E-state index < -0.39 is 15.8 Å². The summed E-state index contributed by atoms with van der Waals surface area (Å²) in [6, 6.07) is 8.59. The van der Waals surface area contributed by atoms with E-state index in [0.717, 1.165) is 18.6 Å². The molecule has 0 saturated carbocycles. The Morgan fingerprint density at radius 2 is 1.81 bits per heavy atom. The van der Waals surface area contributed by atoms with Crippen LogP contribution in [0.4, 0.5) is 9.18 Å². The fraction of sp³-hybridized carbons (Fsp3) is 0.353. The molecule has 140 valence electrons.